The highest BCUT2D eigenvalue weighted by Gasteiger charge is 2.50. The smallest absolute Gasteiger partial charge is 0.0260 e. The van der Waals surface area contributed by atoms with E-state index in [4.69, 9.17) is 11.6 Å². The second-order valence-corrected chi connectivity index (χ2v) is 5.14. The van der Waals surface area contributed by atoms with Gasteiger partial charge in [0.25, 0.3) is 0 Å². The van der Waals surface area contributed by atoms with Crippen molar-refractivity contribution in [2.24, 2.45) is 17.3 Å². The SMILES string of the molecule is CC1(C)[C@H]2CC=C(CCCl)[C@@H]1C2. The highest BCUT2D eigenvalue weighted by Crippen LogP contribution is 2.59. The number of hydrogen-bond donors (Lipinski definition) is 0. The maximum atomic E-state index is 5.77. The lowest BCUT2D eigenvalue weighted by Gasteiger charge is -2.56. The van der Waals surface area contributed by atoms with Crippen LogP contribution in [-0.2, 0) is 0 Å². The Kier molecular flexibility index (Phi) is 1.99. The van der Waals surface area contributed by atoms with Gasteiger partial charge in [0, 0.05) is 5.88 Å². The number of halogens is 1. The van der Waals surface area contributed by atoms with Crippen molar-refractivity contribution in [1.82, 2.24) is 0 Å². The van der Waals surface area contributed by atoms with E-state index in [2.05, 4.69) is 19.9 Å². The second-order valence-electron chi connectivity index (χ2n) is 4.76. The first-order valence-electron chi connectivity index (χ1n) is 4.91. The van der Waals surface area contributed by atoms with Crippen LogP contribution in [0.25, 0.3) is 0 Å². The lowest BCUT2D eigenvalue weighted by atomic mass is 9.48. The first-order chi connectivity index (χ1) is 5.66. The molecule has 0 heterocycles. The van der Waals surface area contributed by atoms with Crippen LogP contribution in [0.3, 0.4) is 0 Å². The minimum atomic E-state index is 0.580. The third-order valence-electron chi connectivity index (χ3n) is 3.97. The van der Waals surface area contributed by atoms with E-state index in [1.807, 2.05) is 0 Å². The Hall–Kier alpha value is 0.0300. The first kappa shape index (κ1) is 8.62. The van der Waals surface area contributed by atoms with E-state index >= 15 is 0 Å². The van der Waals surface area contributed by atoms with Gasteiger partial charge in [-0.1, -0.05) is 25.5 Å². The van der Waals surface area contributed by atoms with Crippen LogP contribution in [0.5, 0.6) is 0 Å². The van der Waals surface area contributed by atoms with E-state index in [1.165, 1.54) is 12.8 Å². The average molecular weight is 185 g/mol. The van der Waals surface area contributed by atoms with Crippen LogP contribution < -0.4 is 0 Å². The van der Waals surface area contributed by atoms with Gasteiger partial charge in [-0.05, 0) is 36.5 Å². The summed E-state index contributed by atoms with van der Waals surface area (Å²) in [5.41, 5.74) is 2.22. The van der Waals surface area contributed by atoms with Crippen LogP contribution >= 0.6 is 11.6 Å². The Labute approximate surface area is 80.0 Å². The number of allylic oxidation sites excluding steroid dienone is 2. The van der Waals surface area contributed by atoms with E-state index in [9.17, 15) is 0 Å². The predicted octanol–water partition coefficient (Wildman–Crippen LogP) is 3.61. The number of rotatable bonds is 2. The van der Waals surface area contributed by atoms with Gasteiger partial charge < -0.3 is 0 Å². The molecule has 1 heteroatoms. The van der Waals surface area contributed by atoms with Gasteiger partial charge >= 0.3 is 0 Å². The first-order valence-corrected chi connectivity index (χ1v) is 5.44. The molecule has 0 unspecified atom stereocenters. The molecule has 0 amide bonds. The molecule has 3 rings (SSSR count). The van der Waals surface area contributed by atoms with Gasteiger partial charge in [0.1, 0.15) is 0 Å². The van der Waals surface area contributed by atoms with Crippen LogP contribution in [-0.4, -0.2) is 5.88 Å². The van der Waals surface area contributed by atoms with E-state index in [0.29, 0.717) is 5.41 Å². The molecular formula is C11H17Cl. The van der Waals surface area contributed by atoms with Gasteiger partial charge in [-0.15, -0.1) is 11.6 Å². The zero-order chi connectivity index (χ0) is 8.77. The zero-order valence-electron chi connectivity index (χ0n) is 7.94. The number of alkyl halides is 1. The summed E-state index contributed by atoms with van der Waals surface area (Å²) in [5.74, 6) is 2.61. The summed E-state index contributed by atoms with van der Waals surface area (Å²) in [5, 5.41) is 0. The molecule has 68 valence electrons. The lowest BCUT2D eigenvalue weighted by molar-refractivity contribution is -0.00770. The van der Waals surface area contributed by atoms with Crippen molar-refractivity contribution in [2.45, 2.75) is 33.1 Å². The molecule has 0 N–H and O–H groups in total. The second kappa shape index (κ2) is 2.77. The van der Waals surface area contributed by atoms with Gasteiger partial charge in [-0.3, -0.25) is 0 Å². The summed E-state index contributed by atoms with van der Waals surface area (Å²) in [6.45, 7) is 4.82. The number of hydrogen-bond acceptors (Lipinski definition) is 0. The molecule has 2 atom stereocenters. The van der Waals surface area contributed by atoms with Crippen molar-refractivity contribution in [3.63, 3.8) is 0 Å². The molecule has 0 aromatic heterocycles. The minimum Gasteiger partial charge on any atom is -0.126 e. The summed E-state index contributed by atoms with van der Waals surface area (Å²) in [4.78, 5) is 0. The summed E-state index contributed by atoms with van der Waals surface area (Å²) in [6, 6.07) is 0. The van der Waals surface area contributed by atoms with Gasteiger partial charge in [-0.2, -0.15) is 0 Å². The van der Waals surface area contributed by atoms with Crippen LogP contribution in [0.4, 0.5) is 0 Å². The highest BCUT2D eigenvalue weighted by molar-refractivity contribution is 6.18. The molecule has 0 nitrogen and oxygen atoms in total. The van der Waals surface area contributed by atoms with E-state index < -0.39 is 0 Å². The molecule has 0 aliphatic heterocycles. The normalized spacial score (nSPS) is 37.1. The fourth-order valence-corrected chi connectivity index (χ4v) is 3.08. The summed E-state index contributed by atoms with van der Waals surface area (Å²) in [7, 11) is 0. The van der Waals surface area contributed by atoms with Gasteiger partial charge in [-0.25, -0.2) is 0 Å². The molecule has 3 aliphatic carbocycles. The Morgan fingerprint density at radius 3 is 2.83 bits per heavy atom. The molecule has 1 fully saturated rings. The van der Waals surface area contributed by atoms with Gasteiger partial charge in [0.2, 0.25) is 0 Å². The molecule has 3 aliphatic rings. The molecule has 2 bridgehead atoms. The lowest BCUT2D eigenvalue weighted by Crippen LogP contribution is -2.48. The summed E-state index contributed by atoms with van der Waals surface area (Å²) in [6.07, 6.45) is 6.28. The zero-order valence-corrected chi connectivity index (χ0v) is 8.69. The highest BCUT2D eigenvalue weighted by atomic mass is 35.5. The third kappa shape index (κ3) is 1.04. The monoisotopic (exact) mass is 184 g/mol. The van der Waals surface area contributed by atoms with Crippen molar-refractivity contribution >= 4 is 11.6 Å². The van der Waals surface area contributed by atoms with Crippen molar-refractivity contribution in [2.75, 3.05) is 5.88 Å². The molecule has 0 aromatic carbocycles. The quantitative estimate of drug-likeness (QED) is 0.455. The Morgan fingerprint density at radius 1 is 1.58 bits per heavy atom. The molecule has 0 saturated heterocycles. The molecule has 12 heavy (non-hydrogen) atoms. The molecular weight excluding hydrogens is 168 g/mol. The van der Waals surface area contributed by atoms with Crippen molar-refractivity contribution in [3.8, 4) is 0 Å². The topological polar surface area (TPSA) is 0 Å². The van der Waals surface area contributed by atoms with Crippen molar-refractivity contribution in [3.05, 3.63) is 11.6 Å². The Balaban J connectivity index is 2.13. The van der Waals surface area contributed by atoms with Crippen LogP contribution in [0.1, 0.15) is 33.1 Å². The standard InChI is InChI=1S/C11H17Cl/c1-11(2)9-4-3-8(5-6-12)10(11)7-9/h3,9-10H,4-7H2,1-2H3/t9-,10-/m0/s1. The van der Waals surface area contributed by atoms with Crippen LogP contribution in [0.15, 0.2) is 11.6 Å². The number of fused-ring (bicyclic) bond motifs is 1. The van der Waals surface area contributed by atoms with E-state index in [1.54, 1.807) is 5.57 Å². The van der Waals surface area contributed by atoms with Crippen LogP contribution in [0.2, 0.25) is 0 Å². The maximum absolute atomic E-state index is 5.77. The Bertz CT molecular complexity index is 215. The third-order valence-corrected chi connectivity index (χ3v) is 4.15. The molecule has 0 aromatic rings. The maximum Gasteiger partial charge on any atom is 0.0260 e. The largest absolute Gasteiger partial charge is 0.126 e. The fraction of sp³-hybridized carbons (Fsp3) is 0.818. The van der Waals surface area contributed by atoms with E-state index in [0.717, 1.165) is 24.1 Å². The molecule has 0 radical (unpaired) electrons. The van der Waals surface area contributed by atoms with Crippen LogP contribution in [0, 0.1) is 17.3 Å². The Morgan fingerprint density at radius 2 is 2.33 bits per heavy atom. The fourth-order valence-electron chi connectivity index (χ4n) is 2.87. The molecule has 1 saturated carbocycles. The predicted molar refractivity (Wildman–Crippen MR) is 53.4 cm³/mol. The average Bonchev–Trinajstić information content (AvgIpc) is 2.05. The molecule has 0 spiro atoms. The van der Waals surface area contributed by atoms with Gasteiger partial charge in [0.15, 0.2) is 0 Å². The van der Waals surface area contributed by atoms with Gasteiger partial charge in [0.05, 0.1) is 0 Å². The summed E-state index contributed by atoms with van der Waals surface area (Å²) >= 11 is 5.77. The van der Waals surface area contributed by atoms with Crippen molar-refractivity contribution in [1.29, 1.82) is 0 Å². The van der Waals surface area contributed by atoms with Crippen molar-refractivity contribution < 1.29 is 0 Å². The minimum absolute atomic E-state index is 0.580. The van der Waals surface area contributed by atoms with E-state index in [-0.39, 0.29) is 0 Å². The summed E-state index contributed by atoms with van der Waals surface area (Å²) < 4.78 is 0.